The molecule has 0 unspecified atom stereocenters. The molecule has 0 spiro atoms. The summed E-state index contributed by atoms with van der Waals surface area (Å²) in [7, 11) is -3.78. The van der Waals surface area contributed by atoms with Gasteiger partial charge in [0.15, 0.2) is 0 Å². The first-order valence-electron chi connectivity index (χ1n) is 8.87. The molecule has 0 radical (unpaired) electrons. The third kappa shape index (κ3) is 3.93. The lowest BCUT2D eigenvalue weighted by Crippen LogP contribution is -2.36. The second-order valence-corrected chi connectivity index (χ2v) is 8.64. The molecule has 3 rings (SSSR count). The van der Waals surface area contributed by atoms with Crippen molar-refractivity contribution in [3.05, 3.63) is 47.5 Å². The number of nitrogens with one attached hydrogen (secondary N) is 1. The highest BCUT2D eigenvalue weighted by molar-refractivity contribution is 7.92. The number of carbonyl (C=O) groups is 1. The summed E-state index contributed by atoms with van der Waals surface area (Å²) in [5.74, 6) is 0.676. The van der Waals surface area contributed by atoms with Crippen LogP contribution in [-0.2, 0) is 14.8 Å². The number of nitrogens with zero attached hydrogens (tertiary/aromatic N) is 1. The van der Waals surface area contributed by atoms with E-state index in [9.17, 15) is 13.2 Å². The number of carbonyl (C=O) groups excluding carboxylic acids is 1. The van der Waals surface area contributed by atoms with Crippen molar-refractivity contribution in [2.75, 3.05) is 22.8 Å². The Labute approximate surface area is 160 Å². The first-order valence-corrected chi connectivity index (χ1v) is 10.4. The fraction of sp³-hybridized carbons (Fsp3) is 0.350. The number of amides is 1. The highest BCUT2D eigenvalue weighted by Gasteiger charge is 2.26. The molecule has 0 atom stereocenters. The first-order chi connectivity index (χ1) is 12.7. The van der Waals surface area contributed by atoms with Crippen LogP contribution in [0.5, 0.6) is 5.75 Å². The largest absolute Gasteiger partial charge is 0.489 e. The lowest BCUT2D eigenvalue weighted by atomic mass is 10.0. The van der Waals surface area contributed by atoms with E-state index < -0.39 is 10.0 Å². The van der Waals surface area contributed by atoms with Gasteiger partial charge in [-0.2, -0.15) is 0 Å². The van der Waals surface area contributed by atoms with Crippen LogP contribution in [0.4, 0.5) is 11.4 Å². The molecule has 0 aromatic heterocycles. The smallest absolute Gasteiger partial charge is 0.262 e. The van der Waals surface area contributed by atoms with E-state index in [-0.39, 0.29) is 10.8 Å². The fourth-order valence-electron chi connectivity index (χ4n) is 3.11. The number of ether oxygens (including phenoxy) is 1. The molecule has 2 aromatic rings. The van der Waals surface area contributed by atoms with Gasteiger partial charge < -0.3 is 9.64 Å². The van der Waals surface area contributed by atoms with Crippen molar-refractivity contribution < 1.29 is 17.9 Å². The van der Waals surface area contributed by atoms with Crippen LogP contribution in [0, 0.1) is 6.92 Å². The number of anilines is 2. The van der Waals surface area contributed by atoms with Crippen LogP contribution < -0.4 is 14.4 Å². The Balaban J connectivity index is 1.94. The lowest BCUT2D eigenvalue weighted by molar-refractivity contribution is -0.116. The summed E-state index contributed by atoms with van der Waals surface area (Å²) in [6.45, 7) is 8.15. The van der Waals surface area contributed by atoms with E-state index in [4.69, 9.17) is 4.74 Å². The standard InChI is InChI=1S/C20H24N2O4S/c1-13(2)16-5-7-17(8-6-16)21-27(24,25)20-12-19-18(11-14(20)3)22(15(4)23)9-10-26-19/h5-8,11-13,21H,9-10H2,1-4H3. The topological polar surface area (TPSA) is 75.7 Å². The molecule has 144 valence electrons. The zero-order valence-electron chi connectivity index (χ0n) is 15.9. The molecule has 1 N–H and O–H groups in total. The molecule has 1 aliphatic rings. The van der Waals surface area contributed by atoms with Crippen molar-refractivity contribution in [3.8, 4) is 5.75 Å². The second kappa shape index (κ2) is 7.23. The summed E-state index contributed by atoms with van der Waals surface area (Å²) in [6, 6.07) is 10.5. The van der Waals surface area contributed by atoms with Gasteiger partial charge in [0.2, 0.25) is 5.91 Å². The van der Waals surface area contributed by atoms with Crippen molar-refractivity contribution in [1.82, 2.24) is 0 Å². The quantitative estimate of drug-likeness (QED) is 0.867. The van der Waals surface area contributed by atoms with Gasteiger partial charge in [0.05, 0.1) is 17.1 Å². The molecule has 2 aromatic carbocycles. The normalized spacial score (nSPS) is 13.9. The summed E-state index contributed by atoms with van der Waals surface area (Å²) in [5.41, 5.74) is 2.80. The molecular formula is C20H24N2O4S. The summed E-state index contributed by atoms with van der Waals surface area (Å²) >= 11 is 0. The lowest BCUT2D eigenvalue weighted by Gasteiger charge is -2.29. The van der Waals surface area contributed by atoms with E-state index in [2.05, 4.69) is 18.6 Å². The minimum Gasteiger partial charge on any atom is -0.489 e. The van der Waals surface area contributed by atoms with Gasteiger partial charge in [0.25, 0.3) is 10.0 Å². The number of fused-ring (bicyclic) bond motifs is 1. The number of benzene rings is 2. The van der Waals surface area contributed by atoms with E-state index in [1.54, 1.807) is 30.0 Å². The van der Waals surface area contributed by atoms with Crippen LogP contribution in [0.1, 0.15) is 37.8 Å². The summed E-state index contributed by atoms with van der Waals surface area (Å²) in [5, 5.41) is 0. The van der Waals surface area contributed by atoms with Crippen LogP contribution in [-0.4, -0.2) is 27.5 Å². The Morgan fingerprint density at radius 2 is 1.85 bits per heavy atom. The summed E-state index contributed by atoms with van der Waals surface area (Å²) in [4.78, 5) is 13.5. The molecule has 0 bridgehead atoms. The molecule has 0 saturated carbocycles. The first kappa shape index (κ1) is 19.2. The molecule has 0 saturated heterocycles. The van der Waals surface area contributed by atoms with Gasteiger partial charge in [-0.3, -0.25) is 9.52 Å². The summed E-state index contributed by atoms with van der Waals surface area (Å²) < 4.78 is 34.0. The minimum atomic E-state index is -3.78. The van der Waals surface area contributed by atoms with E-state index in [1.807, 2.05) is 12.1 Å². The van der Waals surface area contributed by atoms with E-state index >= 15 is 0 Å². The van der Waals surface area contributed by atoms with Gasteiger partial charge in [-0.25, -0.2) is 8.42 Å². The van der Waals surface area contributed by atoms with Crippen molar-refractivity contribution >= 4 is 27.3 Å². The molecular weight excluding hydrogens is 364 g/mol. The Kier molecular flexibility index (Phi) is 5.15. The van der Waals surface area contributed by atoms with E-state index in [0.717, 1.165) is 5.56 Å². The third-order valence-electron chi connectivity index (χ3n) is 4.62. The number of aryl methyl sites for hydroxylation is 1. The Morgan fingerprint density at radius 1 is 1.19 bits per heavy atom. The number of hydrogen-bond donors (Lipinski definition) is 1. The zero-order valence-corrected chi connectivity index (χ0v) is 16.8. The van der Waals surface area contributed by atoms with Gasteiger partial charge >= 0.3 is 0 Å². The average molecular weight is 388 g/mol. The Bertz CT molecular complexity index is 966. The van der Waals surface area contributed by atoms with Crippen LogP contribution in [0.25, 0.3) is 0 Å². The van der Waals surface area contributed by atoms with E-state index in [1.165, 1.54) is 13.0 Å². The number of hydrogen-bond acceptors (Lipinski definition) is 4. The van der Waals surface area contributed by atoms with Gasteiger partial charge in [-0.1, -0.05) is 26.0 Å². The predicted octanol–water partition coefficient (Wildman–Crippen LogP) is 3.66. The van der Waals surface area contributed by atoms with Crippen molar-refractivity contribution in [2.24, 2.45) is 0 Å². The minimum absolute atomic E-state index is 0.0991. The monoisotopic (exact) mass is 388 g/mol. The Hall–Kier alpha value is -2.54. The highest BCUT2D eigenvalue weighted by Crippen LogP contribution is 2.36. The number of rotatable bonds is 4. The third-order valence-corrected chi connectivity index (χ3v) is 6.14. The fourth-order valence-corrected chi connectivity index (χ4v) is 4.41. The molecule has 1 amide bonds. The van der Waals surface area contributed by atoms with Crippen molar-refractivity contribution in [1.29, 1.82) is 0 Å². The van der Waals surface area contributed by atoms with Crippen LogP contribution in [0.3, 0.4) is 0 Å². The second-order valence-electron chi connectivity index (χ2n) is 6.99. The maximum Gasteiger partial charge on any atom is 0.262 e. The maximum absolute atomic E-state index is 12.9. The van der Waals surface area contributed by atoms with Gasteiger partial charge in [-0.05, 0) is 42.2 Å². The van der Waals surface area contributed by atoms with Gasteiger partial charge in [0.1, 0.15) is 12.4 Å². The van der Waals surface area contributed by atoms with Gasteiger partial charge in [0, 0.05) is 18.7 Å². The van der Waals surface area contributed by atoms with E-state index in [0.29, 0.717) is 41.8 Å². The van der Waals surface area contributed by atoms with Crippen LogP contribution >= 0.6 is 0 Å². The van der Waals surface area contributed by atoms with Crippen LogP contribution in [0.2, 0.25) is 0 Å². The molecule has 0 fully saturated rings. The molecule has 6 nitrogen and oxygen atoms in total. The molecule has 1 aliphatic heterocycles. The zero-order chi connectivity index (χ0) is 19.8. The molecule has 1 heterocycles. The Morgan fingerprint density at radius 3 is 2.44 bits per heavy atom. The van der Waals surface area contributed by atoms with Crippen molar-refractivity contribution in [3.63, 3.8) is 0 Å². The number of sulfonamides is 1. The van der Waals surface area contributed by atoms with Crippen LogP contribution in [0.15, 0.2) is 41.3 Å². The molecule has 27 heavy (non-hydrogen) atoms. The average Bonchev–Trinajstić information content (AvgIpc) is 2.60. The van der Waals surface area contributed by atoms with Gasteiger partial charge in [-0.15, -0.1) is 0 Å². The SMILES string of the molecule is CC(=O)N1CCOc2cc(S(=O)(=O)Nc3ccc(C(C)C)cc3)c(C)cc21. The molecule has 7 heteroatoms. The molecule has 0 aliphatic carbocycles. The van der Waals surface area contributed by atoms with Crippen molar-refractivity contribution in [2.45, 2.75) is 38.5 Å². The highest BCUT2D eigenvalue weighted by atomic mass is 32.2. The summed E-state index contributed by atoms with van der Waals surface area (Å²) in [6.07, 6.45) is 0. The maximum atomic E-state index is 12.9. The predicted molar refractivity (Wildman–Crippen MR) is 106 cm³/mol.